The Kier molecular flexibility index (Phi) is 5.22. The van der Waals surface area contributed by atoms with Crippen LogP contribution in [0.15, 0.2) is 36.4 Å². The average Bonchev–Trinajstić information content (AvgIpc) is 2.64. The summed E-state index contributed by atoms with van der Waals surface area (Å²) in [5.74, 6) is 0.686. The van der Waals surface area contributed by atoms with Crippen molar-refractivity contribution in [2.75, 3.05) is 18.0 Å². The molecule has 1 fully saturated rings. The average molecular weight is 375 g/mol. The van der Waals surface area contributed by atoms with Gasteiger partial charge in [0, 0.05) is 18.1 Å². The van der Waals surface area contributed by atoms with Crippen molar-refractivity contribution < 1.29 is 4.79 Å². The van der Waals surface area contributed by atoms with Crippen molar-refractivity contribution in [2.24, 2.45) is 5.41 Å². The van der Waals surface area contributed by atoms with Gasteiger partial charge < -0.3 is 4.90 Å². The van der Waals surface area contributed by atoms with Gasteiger partial charge in [0.15, 0.2) is 5.82 Å². The Morgan fingerprint density at radius 3 is 2.48 bits per heavy atom. The smallest absolute Gasteiger partial charge is 0.272 e. The summed E-state index contributed by atoms with van der Waals surface area (Å²) in [6.45, 7) is 1.39. The largest absolute Gasteiger partial charge is 0.355 e. The van der Waals surface area contributed by atoms with Crippen LogP contribution in [0.1, 0.15) is 28.9 Å². The number of piperidine rings is 1. The molecule has 0 saturated carbocycles. The number of hydrogen-bond donors (Lipinski definition) is 0. The minimum Gasteiger partial charge on any atom is -0.355 e. The highest BCUT2D eigenvalue weighted by Crippen LogP contribution is 2.37. The maximum Gasteiger partial charge on any atom is 0.272 e. The van der Waals surface area contributed by atoms with Gasteiger partial charge >= 0.3 is 0 Å². The molecule has 0 atom stereocenters. The minimum absolute atomic E-state index is 0.132. The molecule has 2 aromatic rings. The highest BCUT2D eigenvalue weighted by atomic mass is 35.5. The summed E-state index contributed by atoms with van der Waals surface area (Å²) in [6.07, 6.45) is 2.07. The van der Waals surface area contributed by atoms with Gasteiger partial charge in [-0.1, -0.05) is 29.8 Å². The Morgan fingerprint density at radius 1 is 1.20 bits per heavy atom. The van der Waals surface area contributed by atoms with Crippen molar-refractivity contribution in [1.29, 1.82) is 5.26 Å². The first-order chi connectivity index (χ1) is 12.0. The molecule has 0 unspecified atom stereocenters. The van der Waals surface area contributed by atoms with Crippen LogP contribution in [0.4, 0.5) is 5.82 Å². The van der Waals surface area contributed by atoms with Crippen molar-refractivity contribution in [3.8, 4) is 6.07 Å². The molecule has 1 saturated heterocycles. The van der Waals surface area contributed by atoms with Gasteiger partial charge in [0.25, 0.3) is 5.24 Å². The summed E-state index contributed by atoms with van der Waals surface area (Å²) in [5, 5.41) is 17.7. The summed E-state index contributed by atoms with van der Waals surface area (Å²) in [4.78, 5) is 13.1. The molecule has 128 valence electrons. The van der Waals surface area contributed by atoms with Crippen LogP contribution in [0.3, 0.4) is 0 Å². The molecule has 3 rings (SSSR count). The van der Waals surface area contributed by atoms with E-state index in [0.29, 0.717) is 43.2 Å². The molecule has 0 bridgehead atoms. The molecule has 0 spiro atoms. The van der Waals surface area contributed by atoms with E-state index in [1.54, 1.807) is 12.1 Å². The van der Waals surface area contributed by atoms with E-state index >= 15 is 0 Å². The molecule has 1 aromatic heterocycles. The molecule has 0 aliphatic carbocycles. The topological polar surface area (TPSA) is 69.9 Å². The third-order valence-corrected chi connectivity index (χ3v) is 5.18. The second kappa shape index (κ2) is 7.38. The van der Waals surface area contributed by atoms with E-state index in [0.717, 1.165) is 5.56 Å². The van der Waals surface area contributed by atoms with E-state index < -0.39 is 10.7 Å². The fourth-order valence-electron chi connectivity index (χ4n) is 3.10. The summed E-state index contributed by atoms with van der Waals surface area (Å²) in [7, 11) is 0. The standard InChI is InChI=1S/C18H16Cl2N4O/c19-14-4-2-1-3-13(14)11-18(12-21)7-9-24(10-8-18)16-6-5-15(17(20)25)22-23-16/h1-6H,7-11H2. The number of carbonyl (C=O) groups excluding carboxylic acids is 1. The van der Waals surface area contributed by atoms with Gasteiger partial charge in [0.1, 0.15) is 5.69 Å². The second-order valence-corrected chi connectivity index (χ2v) is 6.95. The third kappa shape index (κ3) is 3.92. The Balaban J connectivity index is 1.70. The second-order valence-electron chi connectivity index (χ2n) is 6.20. The summed E-state index contributed by atoms with van der Waals surface area (Å²) < 4.78 is 0. The number of rotatable bonds is 4. The maximum atomic E-state index is 11.1. The fourth-order valence-corrected chi connectivity index (χ4v) is 3.40. The minimum atomic E-state index is -0.624. The van der Waals surface area contributed by atoms with Gasteiger partial charge in [0.2, 0.25) is 0 Å². The fraction of sp³-hybridized carbons (Fsp3) is 0.333. The lowest BCUT2D eigenvalue weighted by atomic mass is 9.75. The number of aromatic nitrogens is 2. The van der Waals surface area contributed by atoms with E-state index in [1.807, 2.05) is 24.3 Å². The lowest BCUT2D eigenvalue weighted by Crippen LogP contribution is -2.41. The number of nitrogens with zero attached hydrogens (tertiary/aromatic N) is 4. The first-order valence-electron chi connectivity index (χ1n) is 7.96. The molecule has 7 heteroatoms. The van der Waals surface area contributed by atoms with Crippen molar-refractivity contribution in [3.63, 3.8) is 0 Å². The quantitative estimate of drug-likeness (QED) is 0.759. The number of halogens is 2. The summed E-state index contributed by atoms with van der Waals surface area (Å²) in [5.41, 5.74) is 0.706. The van der Waals surface area contributed by atoms with Crippen molar-refractivity contribution >= 4 is 34.3 Å². The molecule has 1 aromatic carbocycles. The Labute approximate surface area is 156 Å². The zero-order chi connectivity index (χ0) is 17.9. The van der Waals surface area contributed by atoms with Crippen LogP contribution in [0.2, 0.25) is 5.02 Å². The van der Waals surface area contributed by atoms with Crippen LogP contribution >= 0.6 is 23.2 Å². The van der Waals surface area contributed by atoms with Gasteiger partial charge in [-0.2, -0.15) is 5.26 Å². The predicted molar refractivity (Wildman–Crippen MR) is 96.9 cm³/mol. The van der Waals surface area contributed by atoms with E-state index in [1.165, 1.54) is 0 Å². The van der Waals surface area contributed by atoms with Crippen molar-refractivity contribution in [2.45, 2.75) is 19.3 Å². The van der Waals surface area contributed by atoms with Gasteiger partial charge in [-0.25, -0.2) is 0 Å². The molecule has 1 aliphatic heterocycles. The molecular formula is C18H16Cl2N4O. The first kappa shape index (κ1) is 17.7. The van der Waals surface area contributed by atoms with Gasteiger partial charge in [-0.3, -0.25) is 4.79 Å². The molecule has 2 heterocycles. The van der Waals surface area contributed by atoms with E-state index in [-0.39, 0.29) is 5.69 Å². The van der Waals surface area contributed by atoms with Gasteiger partial charge in [-0.15, -0.1) is 10.2 Å². The Bertz CT molecular complexity index is 809. The number of benzene rings is 1. The molecule has 0 N–H and O–H groups in total. The number of anilines is 1. The molecule has 0 radical (unpaired) electrons. The molecule has 5 nitrogen and oxygen atoms in total. The van der Waals surface area contributed by atoms with Crippen LogP contribution < -0.4 is 4.90 Å². The molecular weight excluding hydrogens is 359 g/mol. The Hall–Kier alpha value is -2.16. The zero-order valence-corrected chi connectivity index (χ0v) is 15.0. The number of nitriles is 1. The van der Waals surface area contributed by atoms with Crippen LogP contribution in [-0.2, 0) is 6.42 Å². The van der Waals surface area contributed by atoms with Crippen LogP contribution in [-0.4, -0.2) is 28.5 Å². The first-order valence-corrected chi connectivity index (χ1v) is 8.72. The van der Waals surface area contributed by atoms with Crippen LogP contribution in [0, 0.1) is 16.7 Å². The third-order valence-electron chi connectivity index (χ3n) is 4.62. The monoisotopic (exact) mass is 374 g/mol. The lowest BCUT2D eigenvalue weighted by Gasteiger charge is -2.38. The predicted octanol–water partition coefficient (Wildman–Crippen LogP) is 3.86. The van der Waals surface area contributed by atoms with Crippen molar-refractivity contribution in [1.82, 2.24) is 10.2 Å². The molecule has 0 amide bonds. The van der Waals surface area contributed by atoms with E-state index in [9.17, 15) is 10.1 Å². The summed E-state index contributed by atoms with van der Waals surface area (Å²) >= 11 is 11.6. The zero-order valence-electron chi connectivity index (χ0n) is 13.5. The SMILES string of the molecule is N#CC1(Cc2ccccc2Cl)CCN(c2ccc(C(=O)Cl)nn2)CC1. The van der Waals surface area contributed by atoms with Crippen LogP contribution in [0.25, 0.3) is 0 Å². The maximum absolute atomic E-state index is 11.1. The van der Waals surface area contributed by atoms with Crippen molar-refractivity contribution in [3.05, 3.63) is 52.7 Å². The number of carbonyl (C=O) groups is 1. The Morgan fingerprint density at radius 2 is 1.92 bits per heavy atom. The summed E-state index contributed by atoms with van der Waals surface area (Å²) in [6, 6.07) is 13.5. The number of hydrogen-bond acceptors (Lipinski definition) is 5. The lowest BCUT2D eigenvalue weighted by molar-refractivity contribution is 0.107. The van der Waals surface area contributed by atoms with Crippen LogP contribution in [0.5, 0.6) is 0 Å². The molecule has 1 aliphatic rings. The highest BCUT2D eigenvalue weighted by Gasteiger charge is 2.35. The molecule has 25 heavy (non-hydrogen) atoms. The van der Waals surface area contributed by atoms with E-state index in [4.69, 9.17) is 23.2 Å². The highest BCUT2D eigenvalue weighted by molar-refractivity contribution is 6.67. The normalized spacial score (nSPS) is 16.3. The van der Waals surface area contributed by atoms with E-state index in [2.05, 4.69) is 21.2 Å². The van der Waals surface area contributed by atoms with Gasteiger partial charge in [-0.05, 0) is 54.6 Å². The van der Waals surface area contributed by atoms with Gasteiger partial charge in [0.05, 0.1) is 11.5 Å².